The molecule has 0 amide bonds. The lowest BCUT2D eigenvalue weighted by molar-refractivity contribution is 0.0773. The Morgan fingerprint density at radius 3 is 2.87 bits per heavy atom. The predicted molar refractivity (Wildman–Crippen MR) is 64.2 cm³/mol. The Morgan fingerprint density at radius 1 is 1.33 bits per heavy atom. The number of hydrogen-bond acceptors (Lipinski definition) is 4. The van der Waals surface area contributed by atoms with Crippen molar-refractivity contribution in [1.82, 2.24) is 4.31 Å². The highest BCUT2D eigenvalue weighted by molar-refractivity contribution is 7.97. The van der Waals surface area contributed by atoms with Crippen LogP contribution in [0.2, 0.25) is 0 Å². The number of nitrogens with one attached hydrogen (secondary N) is 1. The van der Waals surface area contributed by atoms with Crippen molar-refractivity contribution in [3.05, 3.63) is 24.3 Å². The molecule has 1 aromatic rings. The maximum absolute atomic E-state index is 5.31. The van der Waals surface area contributed by atoms with E-state index in [4.69, 9.17) is 4.74 Å². The van der Waals surface area contributed by atoms with Gasteiger partial charge in [0.1, 0.15) is 0 Å². The molecule has 4 heteroatoms. The Bertz CT molecular complexity index is 313. The zero-order valence-electron chi connectivity index (χ0n) is 8.90. The lowest BCUT2D eigenvalue weighted by Gasteiger charge is -2.25. The molecule has 2 rings (SSSR count). The van der Waals surface area contributed by atoms with E-state index in [-0.39, 0.29) is 0 Å². The van der Waals surface area contributed by atoms with Crippen molar-refractivity contribution < 1.29 is 4.74 Å². The first-order valence-electron chi connectivity index (χ1n) is 5.17. The van der Waals surface area contributed by atoms with Crippen molar-refractivity contribution in [2.45, 2.75) is 4.90 Å². The third-order valence-corrected chi connectivity index (χ3v) is 3.42. The molecular weight excluding hydrogens is 208 g/mol. The van der Waals surface area contributed by atoms with Gasteiger partial charge in [0.05, 0.1) is 13.2 Å². The molecule has 0 aliphatic carbocycles. The first-order chi connectivity index (χ1) is 7.38. The third kappa shape index (κ3) is 3.12. The number of benzene rings is 1. The predicted octanol–water partition coefficient (Wildman–Crippen LogP) is 2.07. The van der Waals surface area contributed by atoms with Gasteiger partial charge in [0.15, 0.2) is 0 Å². The van der Waals surface area contributed by atoms with Crippen LogP contribution in [0.5, 0.6) is 0 Å². The average molecular weight is 224 g/mol. The Labute approximate surface area is 94.9 Å². The van der Waals surface area contributed by atoms with Crippen molar-refractivity contribution in [2.75, 3.05) is 38.7 Å². The smallest absolute Gasteiger partial charge is 0.0603 e. The molecule has 1 aliphatic rings. The van der Waals surface area contributed by atoms with Crippen LogP contribution in [-0.2, 0) is 4.74 Å². The molecule has 15 heavy (non-hydrogen) atoms. The van der Waals surface area contributed by atoms with E-state index in [0.717, 1.165) is 32.0 Å². The largest absolute Gasteiger partial charge is 0.388 e. The number of hydrogen-bond donors (Lipinski definition) is 1. The monoisotopic (exact) mass is 224 g/mol. The van der Waals surface area contributed by atoms with Crippen LogP contribution in [0.3, 0.4) is 0 Å². The first-order valence-corrected chi connectivity index (χ1v) is 5.94. The van der Waals surface area contributed by atoms with Crippen LogP contribution in [0.4, 0.5) is 5.69 Å². The second-order valence-corrected chi connectivity index (χ2v) is 4.58. The van der Waals surface area contributed by atoms with Gasteiger partial charge in [-0.15, -0.1) is 0 Å². The molecule has 1 N–H and O–H groups in total. The molecule has 0 bridgehead atoms. The summed E-state index contributed by atoms with van der Waals surface area (Å²) in [6, 6.07) is 8.46. The van der Waals surface area contributed by atoms with Crippen molar-refractivity contribution in [3.8, 4) is 0 Å². The maximum atomic E-state index is 5.31. The van der Waals surface area contributed by atoms with Crippen molar-refractivity contribution in [3.63, 3.8) is 0 Å². The van der Waals surface area contributed by atoms with E-state index in [1.165, 1.54) is 4.90 Å². The fraction of sp³-hybridized carbons (Fsp3) is 0.455. The molecule has 0 atom stereocenters. The molecule has 1 saturated heterocycles. The molecule has 0 saturated carbocycles. The Balaban J connectivity index is 1.96. The van der Waals surface area contributed by atoms with E-state index in [2.05, 4.69) is 33.9 Å². The van der Waals surface area contributed by atoms with Gasteiger partial charge in [0, 0.05) is 30.7 Å². The molecule has 3 nitrogen and oxygen atoms in total. The lowest BCUT2D eigenvalue weighted by Crippen LogP contribution is -2.30. The van der Waals surface area contributed by atoms with E-state index in [0.29, 0.717) is 0 Å². The summed E-state index contributed by atoms with van der Waals surface area (Å²) >= 11 is 1.81. The van der Waals surface area contributed by atoms with Gasteiger partial charge in [0.2, 0.25) is 0 Å². The van der Waals surface area contributed by atoms with E-state index < -0.39 is 0 Å². The summed E-state index contributed by atoms with van der Waals surface area (Å²) in [6.45, 7) is 3.71. The van der Waals surface area contributed by atoms with E-state index >= 15 is 0 Å². The van der Waals surface area contributed by atoms with Gasteiger partial charge < -0.3 is 10.1 Å². The highest BCUT2D eigenvalue weighted by Gasteiger charge is 2.11. The topological polar surface area (TPSA) is 24.5 Å². The van der Waals surface area contributed by atoms with Crippen LogP contribution in [0.1, 0.15) is 0 Å². The standard InChI is InChI=1S/C11H16N2OS/c1-12-10-3-2-4-11(9-10)15-13-5-7-14-8-6-13/h2-4,9,12H,5-8H2,1H3. The molecule has 1 fully saturated rings. The summed E-state index contributed by atoms with van der Waals surface area (Å²) < 4.78 is 7.66. The van der Waals surface area contributed by atoms with Gasteiger partial charge in [-0.05, 0) is 30.1 Å². The normalized spacial score (nSPS) is 17.7. The lowest BCUT2D eigenvalue weighted by atomic mass is 10.3. The molecule has 0 spiro atoms. The van der Waals surface area contributed by atoms with Crippen LogP contribution >= 0.6 is 11.9 Å². The molecular formula is C11H16N2OS. The van der Waals surface area contributed by atoms with Gasteiger partial charge in [-0.25, -0.2) is 4.31 Å². The molecule has 1 aliphatic heterocycles. The van der Waals surface area contributed by atoms with Gasteiger partial charge in [0.25, 0.3) is 0 Å². The van der Waals surface area contributed by atoms with Gasteiger partial charge in [-0.3, -0.25) is 0 Å². The summed E-state index contributed by atoms with van der Waals surface area (Å²) in [5.41, 5.74) is 1.16. The molecule has 0 unspecified atom stereocenters. The molecule has 1 aromatic carbocycles. The minimum atomic E-state index is 0.846. The van der Waals surface area contributed by atoms with Crippen molar-refractivity contribution in [1.29, 1.82) is 0 Å². The summed E-state index contributed by atoms with van der Waals surface area (Å²) in [5, 5.41) is 3.15. The number of ether oxygens (including phenoxy) is 1. The number of nitrogens with zero attached hydrogens (tertiary/aromatic N) is 1. The summed E-state index contributed by atoms with van der Waals surface area (Å²) in [4.78, 5) is 1.28. The zero-order chi connectivity index (χ0) is 10.5. The zero-order valence-corrected chi connectivity index (χ0v) is 9.72. The second kappa shape index (κ2) is 5.39. The molecule has 0 radical (unpaired) electrons. The quantitative estimate of drug-likeness (QED) is 0.794. The highest BCUT2D eigenvalue weighted by atomic mass is 32.2. The minimum absolute atomic E-state index is 0.846. The first kappa shape index (κ1) is 10.8. The maximum Gasteiger partial charge on any atom is 0.0603 e. The average Bonchev–Trinajstić information content (AvgIpc) is 2.31. The number of rotatable bonds is 3. The third-order valence-electron chi connectivity index (χ3n) is 2.33. The van der Waals surface area contributed by atoms with E-state index in [9.17, 15) is 0 Å². The van der Waals surface area contributed by atoms with Gasteiger partial charge in [-0.2, -0.15) is 0 Å². The minimum Gasteiger partial charge on any atom is -0.388 e. The van der Waals surface area contributed by atoms with Crippen LogP contribution in [-0.4, -0.2) is 37.7 Å². The van der Waals surface area contributed by atoms with Crippen LogP contribution < -0.4 is 5.32 Å². The number of morpholine rings is 1. The molecule has 82 valence electrons. The van der Waals surface area contributed by atoms with Crippen molar-refractivity contribution in [2.24, 2.45) is 0 Å². The van der Waals surface area contributed by atoms with Crippen LogP contribution in [0, 0.1) is 0 Å². The highest BCUT2D eigenvalue weighted by Crippen LogP contribution is 2.25. The van der Waals surface area contributed by atoms with Crippen LogP contribution in [0.15, 0.2) is 29.2 Å². The number of anilines is 1. The van der Waals surface area contributed by atoms with Crippen molar-refractivity contribution >= 4 is 17.6 Å². The molecule has 0 aromatic heterocycles. The van der Waals surface area contributed by atoms with E-state index in [1.807, 2.05) is 19.0 Å². The van der Waals surface area contributed by atoms with Crippen LogP contribution in [0.25, 0.3) is 0 Å². The fourth-order valence-electron chi connectivity index (χ4n) is 1.50. The van der Waals surface area contributed by atoms with Gasteiger partial charge >= 0.3 is 0 Å². The summed E-state index contributed by atoms with van der Waals surface area (Å²) in [5.74, 6) is 0. The SMILES string of the molecule is CNc1cccc(SN2CCOCC2)c1. The second-order valence-electron chi connectivity index (χ2n) is 3.41. The Hall–Kier alpha value is -0.710. The fourth-order valence-corrected chi connectivity index (χ4v) is 2.44. The Kier molecular flexibility index (Phi) is 3.88. The molecule has 1 heterocycles. The van der Waals surface area contributed by atoms with E-state index in [1.54, 1.807) is 0 Å². The summed E-state index contributed by atoms with van der Waals surface area (Å²) in [7, 11) is 1.94. The Morgan fingerprint density at radius 2 is 2.13 bits per heavy atom. The summed E-state index contributed by atoms with van der Waals surface area (Å²) in [6.07, 6.45) is 0. The van der Waals surface area contributed by atoms with Gasteiger partial charge in [-0.1, -0.05) is 6.07 Å².